The molecular weight excluding hydrogens is 1030 g/mol. The largest absolute Gasteiger partial charge is 0.326 e. The molecule has 4 atom stereocenters. The highest BCUT2D eigenvalue weighted by Crippen LogP contribution is 2.27. The maximum Gasteiger partial charge on any atom is 0.326 e. The van der Waals surface area contributed by atoms with Crippen molar-refractivity contribution in [1.82, 2.24) is 68.1 Å². The lowest BCUT2D eigenvalue weighted by atomic mass is 9.98. The van der Waals surface area contributed by atoms with Gasteiger partial charge in [-0.25, -0.2) is 29.1 Å². The van der Waals surface area contributed by atoms with Crippen LogP contribution in [-0.4, -0.2) is 91.2 Å². The number of aromatic nitrogens is 14. The number of H-pyrrole nitrogens is 8. The lowest BCUT2D eigenvalue weighted by Gasteiger charge is -2.26. The van der Waals surface area contributed by atoms with Crippen LogP contribution in [0.25, 0.3) is 43.9 Å². The van der Waals surface area contributed by atoms with E-state index < -0.39 is 91.4 Å². The van der Waals surface area contributed by atoms with Crippen molar-refractivity contribution in [1.29, 1.82) is 0 Å². The van der Waals surface area contributed by atoms with E-state index in [1.54, 1.807) is 12.1 Å². The molecule has 0 saturated heterocycles. The molecule has 0 fully saturated rings. The maximum atomic E-state index is 12.5. The molecule has 4 unspecified atom stereocenters. The second-order valence-electron chi connectivity index (χ2n) is 19.1. The Labute approximate surface area is 429 Å². The van der Waals surface area contributed by atoms with Crippen LogP contribution in [0.3, 0.4) is 0 Å². The van der Waals surface area contributed by atoms with Gasteiger partial charge in [0.15, 0.2) is 34.2 Å². The van der Waals surface area contributed by atoms with Gasteiger partial charge in [0.25, 0.3) is 44.5 Å². The van der Waals surface area contributed by atoms with Crippen molar-refractivity contribution in [2.75, 3.05) is 0 Å². The van der Waals surface area contributed by atoms with Crippen molar-refractivity contribution in [2.45, 2.75) is 116 Å². The summed E-state index contributed by atoms with van der Waals surface area (Å²) in [5.74, 6) is 0.323. The third kappa shape index (κ3) is 9.46. The molecule has 4 aliphatic rings. The Morgan fingerprint density at radius 2 is 0.705 bits per heavy atom. The Morgan fingerprint density at radius 3 is 1.14 bits per heavy atom. The van der Waals surface area contributed by atoms with E-state index in [1.807, 2.05) is 9.97 Å². The summed E-state index contributed by atoms with van der Waals surface area (Å²) in [6, 6.07) is 0.982. The molecule has 78 heavy (non-hydrogen) atoms. The first-order valence-electron chi connectivity index (χ1n) is 24.3. The van der Waals surface area contributed by atoms with Crippen molar-refractivity contribution in [3.8, 4) is 0 Å². The molecule has 404 valence electrons. The number of rotatable bonds is 4. The normalized spacial score (nSPS) is 17.8. The molecule has 0 saturated carbocycles. The molecule has 0 radical (unpaired) electrons. The van der Waals surface area contributed by atoms with Crippen LogP contribution >= 0.6 is 0 Å². The summed E-state index contributed by atoms with van der Waals surface area (Å²) in [5, 5.41) is 0.310. The summed E-state index contributed by atoms with van der Waals surface area (Å²) in [5.41, 5.74) is -6.95. The van der Waals surface area contributed by atoms with Crippen LogP contribution in [0.15, 0.2) is 69.7 Å². The van der Waals surface area contributed by atoms with Gasteiger partial charge in [0, 0.05) is 24.2 Å². The summed E-state index contributed by atoms with van der Waals surface area (Å²) in [4.78, 5) is 213. The molecule has 30 nitrogen and oxygen atoms in total. The smallest absolute Gasteiger partial charge is 0.302 e. The third-order valence-electron chi connectivity index (χ3n) is 14.0. The van der Waals surface area contributed by atoms with E-state index in [2.05, 4.69) is 39.9 Å². The number of carbonyl (C=O) groups is 4. The Bertz CT molecular complexity index is 4410. The summed E-state index contributed by atoms with van der Waals surface area (Å²) in [7, 11) is 0. The average Bonchev–Trinajstić information content (AvgIpc) is 4.18. The molecule has 4 aliphatic heterocycles. The number of carbonyl (C=O) groups excluding carboxylic acids is 4. The van der Waals surface area contributed by atoms with E-state index in [0.717, 1.165) is 12.8 Å². The zero-order chi connectivity index (χ0) is 56.3. The minimum Gasteiger partial charge on any atom is -0.302 e. The van der Waals surface area contributed by atoms with Crippen LogP contribution in [-0.2, 0) is 44.9 Å². The van der Waals surface area contributed by atoms with E-state index in [4.69, 9.17) is 0 Å². The SMILES string of the molecule is CC(=O)C1CCCc2cc3c(=O)[nH]c(=O)[nH]c3c(=O)n21.CC(=O)C1CCCc2nc3c(=O)[nH]c(=O)[nH]c3c(=O)n21.CC(=O)C1CCc2cc3c(=O)[nH]c(=O)[nH]c3c(=O)n21.CC(=O)C1CCc2nc3c(=O)[nH]c(=O)[nH]c3c(=O)n21. The van der Waals surface area contributed by atoms with Gasteiger partial charge >= 0.3 is 22.8 Å². The standard InChI is InChI=1S/C13H13N3O4.C12H12N4O4.C12H11N3O4.C11H10N4O4/c1-6(17)9-4-2-3-7-5-8-10(12(19)16(7)9)14-13(20)15-11(8)18;1-5(17)6-3-2-4-7-13-8-9(11(19)16(6)7)14-12(20)15-10(8)18;1-5(16)8-3-2-6-4-7-9(11(18)15(6)8)13-12(19)14-10(7)17;1-4(16)5-2-3-6-12-7-8(10(18)15(5)6)13-11(19)14-9(7)17/h5,9H,2-4H2,1H3,(H2,14,15,18,20);6H,2-4H2,1H3,(H2,14,15,18,20);4,8H,2-3H2,1H3,(H2,13,14,17,19);5H,2-3H2,1H3,(H2,13,14,17,19). The van der Waals surface area contributed by atoms with Crippen LogP contribution in [0.5, 0.6) is 0 Å². The van der Waals surface area contributed by atoms with Crippen LogP contribution < -0.4 is 67.2 Å². The van der Waals surface area contributed by atoms with E-state index >= 15 is 0 Å². The first-order chi connectivity index (χ1) is 36.9. The van der Waals surface area contributed by atoms with Gasteiger partial charge < -0.3 is 29.1 Å². The number of ketones is 4. The van der Waals surface area contributed by atoms with Gasteiger partial charge in [0.05, 0.1) is 34.9 Å². The minimum absolute atomic E-state index is 0.0457. The second-order valence-corrected chi connectivity index (χ2v) is 19.1. The second kappa shape index (κ2) is 20.3. The Balaban J connectivity index is 0.000000126. The summed E-state index contributed by atoms with van der Waals surface area (Å²) in [6.07, 6.45) is 5.87. The number of pyridine rings is 2. The van der Waals surface area contributed by atoms with Crippen molar-refractivity contribution in [3.63, 3.8) is 0 Å². The van der Waals surface area contributed by atoms with Crippen LogP contribution in [0.1, 0.15) is 113 Å². The van der Waals surface area contributed by atoms with Gasteiger partial charge in [-0.15, -0.1) is 0 Å². The molecule has 30 heteroatoms. The lowest BCUT2D eigenvalue weighted by molar-refractivity contribution is -0.121. The highest BCUT2D eigenvalue weighted by atomic mass is 16.2. The Morgan fingerprint density at radius 1 is 0.385 bits per heavy atom. The maximum absolute atomic E-state index is 12.5. The number of aromatic amines is 8. The number of aryl methyl sites for hydroxylation is 4. The molecule has 0 aromatic carbocycles. The van der Waals surface area contributed by atoms with Gasteiger partial charge in [-0.2, -0.15) is 0 Å². The van der Waals surface area contributed by atoms with Crippen LogP contribution in [0.4, 0.5) is 0 Å². The van der Waals surface area contributed by atoms with E-state index in [-0.39, 0.29) is 67.0 Å². The lowest BCUT2D eigenvalue weighted by Crippen LogP contribution is -2.38. The average molecular weight is 1070 g/mol. The van der Waals surface area contributed by atoms with Crippen LogP contribution in [0, 0.1) is 0 Å². The fourth-order valence-corrected chi connectivity index (χ4v) is 10.5. The van der Waals surface area contributed by atoms with Gasteiger partial charge in [-0.05, 0) is 91.2 Å². The zero-order valence-electron chi connectivity index (χ0n) is 41.8. The minimum atomic E-state index is -0.769. The highest BCUT2D eigenvalue weighted by Gasteiger charge is 2.32. The summed E-state index contributed by atoms with van der Waals surface area (Å²) < 4.78 is 5.34. The number of hydrogen-bond donors (Lipinski definition) is 8. The van der Waals surface area contributed by atoms with Crippen molar-refractivity contribution in [3.05, 3.63) is 160 Å². The first kappa shape index (κ1) is 52.9. The van der Waals surface area contributed by atoms with Gasteiger partial charge in [-0.3, -0.25) is 86.6 Å². The zero-order valence-corrected chi connectivity index (χ0v) is 41.8. The molecule has 12 heterocycles. The summed E-state index contributed by atoms with van der Waals surface area (Å²) in [6.45, 7) is 5.68. The number of Topliss-reactive ketones (excluding diaryl/α,β-unsaturated/α-hetero) is 4. The molecule has 0 aliphatic carbocycles. The Kier molecular flexibility index (Phi) is 13.8. The number of nitrogens with one attached hydrogen (secondary N) is 8. The number of nitrogens with zero attached hydrogens (tertiary/aromatic N) is 6. The van der Waals surface area contributed by atoms with Gasteiger partial charge in [0.1, 0.15) is 33.7 Å². The molecule has 0 spiro atoms. The predicted molar refractivity (Wildman–Crippen MR) is 275 cm³/mol. The van der Waals surface area contributed by atoms with Gasteiger partial charge in [-0.1, -0.05) is 0 Å². The molecule has 8 N–H and O–H groups in total. The molecule has 0 amide bonds. The quantitative estimate of drug-likeness (QED) is 0.0895. The predicted octanol–water partition coefficient (Wildman–Crippen LogP) is -2.61. The van der Waals surface area contributed by atoms with Crippen molar-refractivity contribution in [2.24, 2.45) is 0 Å². The monoisotopic (exact) mass is 1070 g/mol. The van der Waals surface area contributed by atoms with E-state index in [9.17, 15) is 76.7 Å². The summed E-state index contributed by atoms with van der Waals surface area (Å²) >= 11 is 0. The third-order valence-corrected chi connectivity index (χ3v) is 14.0. The molecule has 12 rings (SSSR count). The molecule has 0 bridgehead atoms. The van der Waals surface area contributed by atoms with Crippen molar-refractivity contribution >= 4 is 67.0 Å². The fourth-order valence-electron chi connectivity index (χ4n) is 10.5. The first-order valence-corrected chi connectivity index (χ1v) is 24.3. The Hall–Kier alpha value is -9.90. The molecule has 8 aromatic rings. The molecule has 8 aromatic heterocycles. The fraction of sp³-hybridized carbons (Fsp3) is 0.375. The topological polar surface area (TPSA) is 445 Å². The number of fused-ring (bicyclic) bond motifs is 8. The van der Waals surface area contributed by atoms with Crippen molar-refractivity contribution < 1.29 is 19.2 Å². The number of hydrogen-bond acceptors (Lipinski definition) is 18. The van der Waals surface area contributed by atoms with E-state index in [1.165, 1.54) is 46.0 Å². The van der Waals surface area contributed by atoms with Crippen LogP contribution in [0.2, 0.25) is 0 Å². The van der Waals surface area contributed by atoms with E-state index in [0.29, 0.717) is 74.4 Å². The van der Waals surface area contributed by atoms with Gasteiger partial charge in [0.2, 0.25) is 0 Å². The highest BCUT2D eigenvalue weighted by molar-refractivity contribution is 5.84. The molecular formula is C48H46N14O16.